The molecule has 0 aliphatic carbocycles. The van der Waals surface area contributed by atoms with Crippen molar-refractivity contribution in [2.75, 3.05) is 11.4 Å². The van der Waals surface area contributed by atoms with Crippen molar-refractivity contribution in [1.29, 1.82) is 0 Å². The van der Waals surface area contributed by atoms with E-state index in [1.165, 1.54) is 12.4 Å². The van der Waals surface area contributed by atoms with Crippen molar-refractivity contribution in [3.63, 3.8) is 0 Å². The quantitative estimate of drug-likeness (QED) is 0.771. The lowest BCUT2D eigenvalue weighted by molar-refractivity contribution is -0.136. The number of nitrogens with two attached hydrogens (primary N) is 1. The Morgan fingerprint density at radius 2 is 1.96 bits per heavy atom. The number of anilines is 1. The highest BCUT2D eigenvalue weighted by molar-refractivity contribution is 6.12. The van der Waals surface area contributed by atoms with Gasteiger partial charge in [0.15, 0.2) is 11.4 Å². The molecule has 2 heterocycles. The van der Waals surface area contributed by atoms with Crippen LogP contribution in [0, 0.1) is 0 Å². The standard InChI is InChI=1S/C17H15N3O4/c18-15(22)10-20-13-6-2-1-5-12(13)17(24,16(20)23)8-14(21)11-4-3-7-19-9-11/h1-7,9,24H,8,10H2,(H2,18,22). The van der Waals surface area contributed by atoms with E-state index in [2.05, 4.69) is 4.98 Å². The number of hydrogen-bond donors (Lipinski definition) is 2. The van der Waals surface area contributed by atoms with Crippen molar-refractivity contribution in [1.82, 2.24) is 4.98 Å². The predicted molar refractivity (Wildman–Crippen MR) is 85.1 cm³/mol. The maximum Gasteiger partial charge on any atom is 0.264 e. The van der Waals surface area contributed by atoms with Gasteiger partial charge in [0, 0.05) is 23.5 Å². The van der Waals surface area contributed by atoms with Crippen LogP contribution in [-0.4, -0.2) is 34.2 Å². The first kappa shape index (κ1) is 15.8. The molecule has 2 aromatic rings. The summed E-state index contributed by atoms with van der Waals surface area (Å²) in [6, 6.07) is 9.65. The number of benzene rings is 1. The lowest BCUT2D eigenvalue weighted by atomic mass is 9.88. The van der Waals surface area contributed by atoms with E-state index < -0.39 is 29.6 Å². The van der Waals surface area contributed by atoms with Gasteiger partial charge in [0.25, 0.3) is 5.91 Å². The summed E-state index contributed by atoms with van der Waals surface area (Å²) in [4.78, 5) is 41.3. The summed E-state index contributed by atoms with van der Waals surface area (Å²) in [5.41, 5.74) is 4.11. The van der Waals surface area contributed by atoms with Crippen LogP contribution < -0.4 is 10.6 Å². The number of fused-ring (bicyclic) bond motifs is 1. The molecule has 7 heteroatoms. The van der Waals surface area contributed by atoms with Gasteiger partial charge in [-0.15, -0.1) is 0 Å². The molecule has 3 rings (SSSR count). The second kappa shape index (κ2) is 5.86. The summed E-state index contributed by atoms with van der Waals surface area (Å²) < 4.78 is 0. The first-order chi connectivity index (χ1) is 11.4. The molecule has 1 aromatic heterocycles. The van der Waals surface area contributed by atoms with Crippen LogP contribution in [0.2, 0.25) is 0 Å². The highest BCUT2D eigenvalue weighted by Crippen LogP contribution is 2.42. The number of nitrogens with zero attached hydrogens (tertiary/aromatic N) is 2. The Bertz CT molecular complexity index is 822. The Morgan fingerprint density at radius 3 is 2.62 bits per heavy atom. The van der Waals surface area contributed by atoms with Crippen LogP contribution in [-0.2, 0) is 15.2 Å². The zero-order chi connectivity index (χ0) is 17.3. The highest BCUT2D eigenvalue weighted by Gasteiger charge is 2.51. The van der Waals surface area contributed by atoms with Gasteiger partial charge in [-0.1, -0.05) is 18.2 Å². The molecular weight excluding hydrogens is 310 g/mol. The summed E-state index contributed by atoms with van der Waals surface area (Å²) >= 11 is 0. The van der Waals surface area contributed by atoms with Crippen molar-refractivity contribution in [2.24, 2.45) is 5.73 Å². The number of aromatic nitrogens is 1. The van der Waals surface area contributed by atoms with E-state index in [0.29, 0.717) is 11.3 Å². The normalized spacial score (nSPS) is 19.2. The number of amides is 2. The molecule has 1 atom stereocenters. The smallest absolute Gasteiger partial charge is 0.264 e. The van der Waals surface area contributed by atoms with Crippen LogP contribution in [0.5, 0.6) is 0 Å². The van der Waals surface area contributed by atoms with Crippen LogP contribution >= 0.6 is 0 Å². The number of rotatable bonds is 5. The van der Waals surface area contributed by atoms with Crippen molar-refractivity contribution in [3.8, 4) is 0 Å². The Balaban J connectivity index is 1.98. The lowest BCUT2D eigenvalue weighted by Crippen LogP contribution is -2.44. The molecule has 1 aromatic carbocycles. The minimum atomic E-state index is -2.03. The number of pyridine rings is 1. The highest BCUT2D eigenvalue weighted by atomic mass is 16.3. The van der Waals surface area contributed by atoms with Gasteiger partial charge in [0.05, 0.1) is 12.1 Å². The molecule has 1 aliphatic heterocycles. The number of Topliss-reactive ketones (excluding diaryl/α,β-unsaturated/α-hetero) is 1. The summed E-state index contributed by atoms with van der Waals surface area (Å²) in [5.74, 6) is -1.87. The Hall–Kier alpha value is -3.06. The van der Waals surface area contributed by atoms with Gasteiger partial charge < -0.3 is 10.8 Å². The number of aliphatic hydroxyl groups is 1. The summed E-state index contributed by atoms with van der Waals surface area (Å²) in [7, 11) is 0. The van der Waals surface area contributed by atoms with Crippen molar-refractivity contribution < 1.29 is 19.5 Å². The molecule has 0 fully saturated rings. The van der Waals surface area contributed by atoms with Crippen molar-refractivity contribution in [2.45, 2.75) is 12.0 Å². The van der Waals surface area contributed by atoms with E-state index in [-0.39, 0.29) is 12.1 Å². The molecule has 7 nitrogen and oxygen atoms in total. The minimum absolute atomic E-state index is 0.286. The number of ketones is 1. The van der Waals surface area contributed by atoms with Gasteiger partial charge in [0.1, 0.15) is 6.54 Å². The molecule has 122 valence electrons. The van der Waals surface area contributed by atoms with E-state index in [1.807, 2.05) is 0 Å². The largest absolute Gasteiger partial charge is 0.375 e. The maximum atomic E-state index is 12.7. The van der Waals surface area contributed by atoms with E-state index in [9.17, 15) is 19.5 Å². The van der Waals surface area contributed by atoms with Gasteiger partial charge in [0.2, 0.25) is 5.91 Å². The van der Waals surface area contributed by atoms with E-state index >= 15 is 0 Å². The van der Waals surface area contributed by atoms with Gasteiger partial charge in [-0.25, -0.2) is 0 Å². The molecule has 1 unspecified atom stereocenters. The Morgan fingerprint density at radius 1 is 1.21 bits per heavy atom. The van der Waals surface area contributed by atoms with E-state index in [1.54, 1.807) is 36.4 Å². The van der Waals surface area contributed by atoms with Crippen LogP contribution in [0.15, 0.2) is 48.8 Å². The molecule has 0 bridgehead atoms. The van der Waals surface area contributed by atoms with Crippen LogP contribution in [0.3, 0.4) is 0 Å². The minimum Gasteiger partial charge on any atom is -0.375 e. The SMILES string of the molecule is NC(=O)CN1C(=O)C(O)(CC(=O)c2cccnc2)c2ccccc21. The first-order valence-electron chi connectivity index (χ1n) is 7.29. The Kier molecular flexibility index (Phi) is 3.86. The monoisotopic (exact) mass is 325 g/mol. The Labute approximate surface area is 137 Å². The van der Waals surface area contributed by atoms with Gasteiger partial charge in [-0.05, 0) is 18.2 Å². The maximum absolute atomic E-state index is 12.7. The number of primary amides is 1. The summed E-state index contributed by atoms with van der Waals surface area (Å²) in [6.07, 6.45) is 2.46. The molecule has 2 amide bonds. The third kappa shape index (κ3) is 2.55. The average molecular weight is 325 g/mol. The van der Waals surface area contributed by atoms with Gasteiger partial charge >= 0.3 is 0 Å². The van der Waals surface area contributed by atoms with Crippen molar-refractivity contribution >= 4 is 23.3 Å². The second-order valence-electron chi connectivity index (χ2n) is 5.58. The fourth-order valence-corrected chi connectivity index (χ4v) is 2.85. The zero-order valence-corrected chi connectivity index (χ0v) is 12.7. The average Bonchev–Trinajstić information content (AvgIpc) is 2.78. The second-order valence-corrected chi connectivity index (χ2v) is 5.58. The molecule has 0 radical (unpaired) electrons. The molecule has 3 N–H and O–H groups in total. The zero-order valence-electron chi connectivity index (χ0n) is 12.7. The molecule has 0 spiro atoms. The fourth-order valence-electron chi connectivity index (χ4n) is 2.85. The van der Waals surface area contributed by atoms with Crippen LogP contribution in [0.4, 0.5) is 5.69 Å². The van der Waals surface area contributed by atoms with Crippen molar-refractivity contribution in [3.05, 3.63) is 59.9 Å². The third-order valence-electron chi connectivity index (χ3n) is 3.95. The lowest BCUT2D eigenvalue weighted by Gasteiger charge is -2.22. The fraction of sp³-hybridized carbons (Fsp3) is 0.176. The molecule has 1 aliphatic rings. The number of hydrogen-bond acceptors (Lipinski definition) is 5. The topological polar surface area (TPSA) is 114 Å². The third-order valence-corrected chi connectivity index (χ3v) is 3.95. The van der Waals surface area contributed by atoms with E-state index in [0.717, 1.165) is 4.90 Å². The predicted octanol–water partition coefficient (Wildman–Crippen LogP) is 0.374. The van der Waals surface area contributed by atoms with Gasteiger partial charge in [-0.3, -0.25) is 24.3 Å². The van der Waals surface area contributed by atoms with Gasteiger partial charge in [-0.2, -0.15) is 0 Å². The summed E-state index contributed by atoms with van der Waals surface area (Å²) in [5, 5.41) is 10.9. The molecule has 0 saturated heterocycles. The number of carbonyl (C=O) groups excluding carboxylic acids is 3. The first-order valence-corrected chi connectivity index (χ1v) is 7.29. The molecular formula is C17H15N3O4. The number of para-hydroxylation sites is 1. The van der Waals surface area contributed by atoms with E-state index in [4.69, 9.17) is 5.73 Å². The number of carbonyl (C=O) groups is 3. The van der Waals surface area contributed by atoms with Crippen LogP contribution in [0.1, 0.15) is 22.3 Å². The van der Waals surface area contributed by atoms with Crippen LogP contribution in [0.25, 0.3) is 0 Å². The molecule has 0 saturated carbocycles. The molecule has 24 heavy (non-hydrogen) atoms. The summed E-state index contributed by atoms with van der Waals surface area (Å²) in [6.45, 7) is -0.362.